The van der Waals surface area contributed by atoms with E-state index in [1.54, 1.807) is 13.0 Å². The van der Waals surface area contributed by atoms with E-state index in [1.807, 2.05) is 0 Å². The third kappa shape index (κ3) is 4.32. The third-order valence-corrected chi connectivity index (χ3v) is 4.01. The van der Waals surface area contributed by atoms with Gasteiger partial charge in [-0.1, -0.05) is 13.8 Å². The van der Waals surface area contributed by atoms with E-state index in [4.69, 9.17) is 0 Å². The molecule has 1 aromatic heterocycles. The molecule has 1 atom stereocenters. The van der Waals surface area contributed by atoms with E-state index in [0.717, 1.165) is 6.42 Å². The Bertz CT molecular complexity index is 749. The Morgan fingerprint density at radius 1 is 1.46 bits per heavy atom. The van der Waals surface area contributed by atoms with Gasteiger partial charge in [-0.3, -0.25) is 14.9 Å². The topological polar surface area (TPSA) is 108 Å². The standard InChI is InChI=1S/C17H23N3O4/c1-11(2)6-7-17(3,22)10-19-16(21)14-9-18-15-5-4-12(20(23)24)8-13(14)15/h4-5,8-9,11,18,22H,6-7,10H2,1-3H3,(H,19,21). The number of fused-ring (bicyclic) bond motifs is 1. The first-order chi connectivity index (χ1) is 11.2. The number of hydrogen-bond acceptors (Lipinski definition) is 4. The lowest BCUT2D eigenvalue weighted by Crippen LogP contribution is -2.40. The normalized spacial score (nSPS) is 13.9. The molecule has 0 bridgehead atoms. The molecule has 24 heavy (non-hydrogen) atoms. The number of carbonyl (C=O) groups is 1. The van der Waals surface area contributed by atoms with Crippen molar-refractivity contribution in [1.82, 2.24) is 10.3 Å². The summed E-state index contributed by atoms with van der Waals surface area (Å²) in [5.41, 5.74) is -0.0799. The highest BCUT2D eigenvalue weighted by atomic mass is 16.6. The highest BCUT2D eigenvalue weighted by Crippen LogP contribution is 2.24. The summed E-state index contributed by atoms with van der Waals surface area (Å²) in [6, 6.07) is 4.33. The number of nitro groups is 1. The Morgan fingerprint density at radius 3 is 2.79 bits per heavy atom. The predicted octanol–water partition coefficient (Wildman–Crippen LogP) is 2.99. The SMILES string of the molecule is CC(C)CCC(C)(O)CNC(=O)c1c[nH]c2ccc([N+](=O)[O-])cc12. The molecule has 1 unspecified atom stereocenters. The lowest BCUT2D eigenvalue weighted by atomic mass is 9.95. The van der Waals surface area contributed by atoms with Crippen LogP contribution in [0, 0.1) is 16.0 Å². The average molecular weight is 333 g/mol. The van der Waals surface area contributed by atoms with Gasteiger partial charge < -0.3 is 15.4 Å². The number of aliphatic hydroxyl groups is 1. The largest absolute Gasteiger partial charge is 0.388 e. The van der Waals surface area contributed by atoms with Crippen molar-refractivity contribution in [3.05, 3.63) is 40.1 Å². The first-order valence-corrected chi connectivity index (χ1v) is 7.96. The fourth-order valence-electron chi connectivity index (χ4n) is 2.46. The monoisotopic (exact) mass is 333 g/mol. The van der Waals surface area contributed by atoms with Gasteiger partial charge in [0.1, 0.15) is 0 Å². The van der Waals surface area contributed by atoms with E-state index < -0.39 is 10.5 Å². The highest BCUT2D eigenvalue weighted by Gasteiger charge is 2.23. The number of nitrogens with one attached hydrogen (secondary N) is 2. The molecule has 0 aliphatic heterocycles. The summed E-state index contributed by atoms with van der Waals surface area (Å²) in [5, 5.41) is 24.4. The fraction of sp³-hybridized carbons (Fsp3) is 0.471. The van der Waals surface area contributed by atoms with Gasteiger partial charge >= 0.3 is 0 Å². The molecular weight excluding hydrogens is 310 g/mol. The minimum Gasteiger partial charge on any atom is -0.388 e. The minimum absolute atomic E-state index is 0.0694. The second-order valence-corrected chi connectivity index (χ2v) is 6.80. The maximum Gasteiger partial charge on any atom is 0.270 e. The number of amides is 1. The van der Waals surface area contributed by atoms with Gasteiger partial charge in [0.15, 0.2) is 0 Å². The van der Waals surface area contributed by atoms with Gasteiger partial charge in [0.05, 0.1) is 16.1 Å². The molecule has 3 N–H and O–H groups in total. The van der Waals surface area contributed by atoms with E-state index in [-0.39, 0.29) is 18.1 Å². The number of aromatic nitrogens is 1. The highest BCUT2D eigenvalue weighted by molar-refractivity contribution is 6.07. The van der Waals surface area contributed by atoms with Crippen molar-refractivity contribution >= 4 is 22.5 Å². The second-order valence-electron chi connectivity index (χ2n) is 6.80. The molecule has 1 heterocycles. The van der Waals surface area contributed by atoms with Crippen molar-refractivity contribution in [1.29, 1.82) is 0 Å². The van der Waals surface area contributed by atoms with Crippen molar-refractivity contribution in [2.24, 2.45) is 5.92 Å². The lowest BCUT2D eigenvalue weighted by Gasteiger charge is -2.24. The molecule has 0 fully saturated rings. The molecule has 0 radical (unpaired) electrons. The number of hydrogen-bond donors (Lipinski definition) is 3. The summed E-state index contributed by atoms with van der Waals surface area (Å²) in [4.78, 5) is 25.7. The van der Waals surface area contributed by atoms with Crippen molar-refractivity contribution in [2.75, 3.05) is 6.54 Å². The quantitative estimate of drug-likeness (QED) is 0.534. The van der Waals surface area contributed by atoms with Gasteiger partial charge in [0, 0.05) is 35.8 Å². The van der Waals surface area contributed by atoms with Crippen molar-refractivity contribution in [3.63, 3.8) is 0 Å². The van der Waals surface area contributed by atoms with Crippen molar-refractivity contribution in [2.45, 2.75) is 39.2 Å². The first-order valence-electron chi connectivity index (χ1n) is 7.96. The summed E-state index contributed by atoms with van der Waals surface area (Å²) in [5.74, 6) is 0.105. The van der Waals surface area contributed by atoms with E-state index in [2.05, 4.69) is 24.1 Å². The number of benzene rings is 1. The summed E-state index contributed by atoms with van der Waals surface area (Å²) in [6.07, 6.45) is 2.97. The van der Waals surface area contributed by atoms with Gasteiger partial charge in [0.25, 0.3) is 11.6 Å². The number of non-ortho nitro benzene ring substituents is 1. The number of H-pyrrole nitrogens is 1. The van der Waals surface area contributed by atoms with Crippen LogP contribution >= 0.6 is 0 Å². The fourth-order valence-corrected chi connectivity index (χ4v) is 2.46. The van der Waals surface area contributed by atoms with Crippen LogP contribution in [0.4, 0.5) is 5.69 Å². The van der Waals surface area contributed by atoms with Gasteiger partial charge in [-0.25, -0.2) is 0 Å². The van der Waals surface area contributed by atoms with Crippen LogP contribution in [0.15, 0.2) is 24.4 Å². The molecule has 130 valence electrons. The van der Waals surface area contributed by atoms with Crippen LogP contribution in [0.5, 0.6) is 0 Å². The number of nitro benzene ring substituents is 1. The predicted molar refractivity (Wildman–Crippen MR) is 92.0 cm³/mol. The van der Waals surface area contributed by atoms with Gasteiger partial charge in [-0.05, 0) is 31.7 Å². The number of rotatable bonds is 7. The molecule has 0 aliphatic rings. The van der Waals surface area contributed by atoms with Gasteiger partial charge in [-0.15, -0.1) is 0 Å². The van der Waals surface area contributed by atoms with Crippen LogP contribution in [0.1, 0.15) is 44.0 Å². The molecule has 2 rings (SSSR count). The van der Waals surface area contributed by atoms with Crippen LogP contribution in [0.3, 0.4) is 0 Å². The smallest absolute Gasteiger partial charge is 0.270 e. The first kappa shape index (κ1) is 17.9. The molecular formula is C17H23N3O4. The van der Waals surface area contributed by atoms with E-state index in [0.29, 0.717) is 28.8 Å². The Labute approximate surface area is 140 Å². The Hall–Kier alpha value is -2.41. The zero-order valence-electron chi connectivity index (χ0n) is 14.1. The average Bonchev–Trinajstić information content (AvgIpc) is 2.94. The summed E-state index contributed by atoms with van der Waals surface area (Å²) in [7, 11) is 0. The second kappa shape index (κ2) is 7.00. The molecule has 0 saturated heterocycles. The zero-order valence-corrected chi connectivity index (χ0v) is 14.1. The Balaban J connectivity index is 2.11. The molecule has 0 aliphatic carbocycles. The molecule has 1 amide bonds. The maximum atomic E-state index is 12.4. The number of carbonyl (C=O) groups excluding carboxylic acids is 1. The minimum atomic E-state index is -0.988. The molecule has 0 spiro atoms. The van der Waals surface area contributed by atoms with Crippen molar-refractivity contribution < 1.29 is 14.8 Å². The third-order valence-electron chi connectivity index (χ3n) is 4.01. The van der Waals surface area contributed by atoms with Crippen LogP contribution in [0.25, 0.3) is 10.9 Å². The number of aromatic amines is 1. The molecule has 0 saturated carbocycles. The number of nitrogens with zero attached hydrogens (tertiary/aromatic N) is 1. The molecule has 2 aromatic rings. The Morgan fingerprint density at radius 2 is 2.17 bits per heavy atom. The molecule has 7 heteroatoms. The molecule has 7 nitrogen and oxygen atoms in total. The van der Waals surface area contributed by atoms with Gasteiger partial charge in [0.2, 0.25) is 0 Å². The van der Waals surface area contributed by atoms with E-state index >= 15 is 0 Å². The van der Waals surface area contributed by atoms with Crippen LogP contribution in [-0.2, 0) is 0 Å². The summed E-state index contributed by atoms with van der Waals surface area (Å²) < 4.78 is 0. The lowest BCUT2D eigenvalue weighted by molar-refractivity contribution is -0.384. The van der Waals surface area contributed by atoms with Crippen LogP contribution < -0.4 is 5.32 Å². The maximum absolute atomic E-state index is 12.4. The Kier molecular flexibility index (Phi) is 5.23. The summed E-state index contributed by atoms with van der Waals surface area (Å²) in [6.45, 7) is 5.97. The van der Waals surface area contributed by atoms with Crippen LogP contribution in [0.2, 0.25) is 0 Å². The molecule has 1 aromatic carbocycles. The van der Waals surface area contributed by atoms with Gasteiger partial charge in [-0.2, -0.15) is 0 Å². The van der Waals surface area contributed by atoms with E-state index in [9.17, 15) is 20.0 Å². The summed E-state index contributed by atoms with van der Waals surface area (Å²) >= 11 is 0. The zero-order chi connectivity index (χ0) is 17.9. The van der Waals surface area contributed by atoms with E-state index in [1.165, 1.54) is 18.3 Å². The van der Waals surface area contributed by atoms with Crippen molar-refractivity contribution in [3.8, 4) is 0 Å². The van der Waals surface area contributed by atoms with Crippen LogP contribution in [-0.4, -0.2) is 33.1 Å².